The summed E-state index contributed by atoms with van der Waals surface area (Å²) in [5.74, 6) is -1.50. The molecular formula is C29H28F3N5O4. The molecule has 0 bridgehead atoms. The molecule has 3 aromatic rings. The summed E-state index contributed by atoms with van der Waals surface area (Å²) in [6, 6.07) is 5.68. The van der Waals surface area contributed by atoms with Crippen molar-refractivity contribution in [1.82, 2.24) is 24.6 Å². The minimum absolute atomic E-state index is 0.133. The van der Waals surface area contributed by atoms with Crippen LogP contribution in [0.3, 0.4) is 0 Å². The summed E-state index contributed by atoms with van der Waals surface area (Å²) in [5.41, 5.74) is 2.24. The van der Waals surface area contributed by atoms with E-state index in [1.165, 1.54) is 11.0 Å². The zero-order valence-corrected chi connectivity index (χ0v) is 22.1. The second-order valence-corrected chi connectivity index (χ2v) is 10.7. The number of carbonyl (C=O) groups is 2. The Kier molecular flexibility index (Phi) is 6.50. The van der Waals surface area contributed by atoms with Gasteiger partial charge in [-0.15, -0.1) is 0 Å². The summed E-state index contributed by atoms with van der Waals surface area (Å²) in [4.78, 5) is 32.6. The number of halogens is 3. The van der Waals surface area contributed by atoms with E-state index in [0.29, 0.717) is 36.7 Å². The molecule has 1 aromatic carbocycles. The number of phenols is 1. The fourth-order valence-corrected chi connectivity index (χ4v) is 6.06. The van der Waals surface area contributed by atoms with Gasteiger partial charge in [-0.05, 0) is 42.5 Å². The summed E-state index contributed by atoms with van der Waals surface area (Å²) < 4.78 is 41.2. The summed E-state index contributed by atoms with van der Waals surface area (Å²) >= 11 is 0. The molecule has 1 unspecified atom stereocenters. The molecule has 2 N–H and O–H groups in total. The Labute approximate surface area is 233 Å². The lowest BCUT2D eigenvalue weighted by Crippen LogP contribution is -2.45. The topological polar surface area (TPSA) is 112 Å². The first-order chi connectivity index (χ1) is 19.6. The van der Waals surface area contributed by atoms with Gasteiger partial charge in [-0.25, -0.2) is 9.67 Å². The van der Waals surface area contributed by atoms with Gasteiger partial charge in [-0.1, -0.05) is 19.1 Å². The molecule has 3 aliphatic rings. The SMILES string of the molecule is C=CC(=O)N1CCc2nn(-c3ccc(C4CCC4)c(O)c3)c3c2C(C1)N(C(=O)c1cnc(C(F)(F)F)c(O)c1)CC3. The molecule has 0 spiro atoms. The minimum atomic E-state index is -4.87. The van der Waals surface area contributed by atoms with Crippen molar-refractivity contribution < 1.29 is 33.0 Å². The lowest BCUT2D eigenvalue weighted by atomic mass is 9.79. The summed E-state index contributed by atoms with van der Waals surface area (Å²) in [6.07, 6.45) is 1.17. The molecule has 1 saturated carbocycles. The van der Waals surface area contributed by atoms with E-state index in [9.17, 15) is 33.0 Å². The van der Waals surface area contributed by atoms with E-state index in [1.807, 2.05) is 12.1 Å². The van der Waals surface area contributed by atoms with Gasteiger partial charge in [0.1, 0.15) is 11.5 Å². The Balaban J connectivity index is 1.39. The molecule has 2 amide bonds. The maximum atomic E-state index is 13.7. The van der Waals surface area contributed by atoms with Gasteiger partial charge < -0.3 is 20.0 Å². The van der Waals surface area contributed by atoms with Crippen molar-refractivity contribution >= 4 is 11.8 Å². The van der Waals surface area contributed by atoms with E-state index < -0.39 is 29.6 Å². The van der Waals surface area contributed by atoms with Crippen LogP contribution in [0.1, 0.15) is 69.8 Å². The van der Waals surface area contributed by atoms with Gasteiger partial charge in [-0.3, -0.25) is 9.59 Å². The number of aromatic hydroxyl groups is 2. The van der Waals surface area contributed by atoms with E-state index in [2.05, 4.69) is 11.6 Å². The number of amides is 2. The zero-order valence-electron chi connectivity index (χ0n) is 22.1. The number of rotatable bonds is 4. The summed E-state index contributed by atoms with van der Waals surface area (Å²) in [6.45, 7) is 4.23. The Morgan fingerprint density at radius 1 is 1.07 bits per heavy atom. The predicted molar refractivity (Wildman–Crippen MR) is 141 cm³/mol. The Hall–Kier alpha value is -4.35. The molecule has 9 nitrogen and oxygen atoms in total. The number of phenolic OH excluding ortho intramolecular Hbond substituents is 1. The van der Waals surface area contributed by atoms with Gasteiger partial charge in [0, 0.05) is 50.3 Å². The second kappa shape index (κ2) is 9.93. The second-order valence-electron chi connectivity index (χ2n) is 10.7. The molecule has 2 aliphatic heterocycles. The Bertz CT molecular complexity index is 1560. The molecule has 1 aliphatic carbocycles. The van der Waals surface area contributed by atoms with Crippen LogP contribution in [0.25, 0.3) is 5.69 Å². The first-order valence-corrected chi connectivity index (χ1v) is 13.5. The van der Waals surface area contributed by atoms with Crippen molar-refractivity contribution in [3.63, 3.8) is 0 Å². The third-order valence-electron chi connectivity index (χ3n) is 8.34. The molecule has 0 saturated heterocycles. The van der Waals surface area contributed by atoms with E-state index in [0.717, 1.165) is 48.3 Å². The van der Waals surface area contributed by atoms with E-state index >= 15 is 0 Å². The van der Waals surface area contributed by atoms with Crippen LogP contribution in [-0.4, -0.2) is 66.2 Å². The van der Waals surface area contributed by atoms with Gasteiger partial charge in [-0.2, -0.15) is 18.3 Å². The average Bonchev–Trinajstić information content (AvgIpc) is 3.17. The van der Waals surface area contributed by atoms with Crippen molar-refractivity contribution in [1.29, 1.82) is 0 Å². The molecule has 214 valence electrons. The quantitative estimate of drug-likeness (QED) is 0.456. The van der Waals surface area contributed by atoms with Crippen LogP contribution in [0, 0.1) is 0 Å². The van der Waals surface area contributed by atoms with Crippen LogP contribution in [0.2, 0.25) is 0 Å². The van der Waals surface area contributed by atoms with E-state index in [4.69, 9.17) is 5.10 Å². The van der Waals surface area contributed by atoms with Crippen molar-refractivity contribution in [3.8, 4) is 17.2 Å². The number of nitrogens with zero attached hydrogens (tertiary/aromatic N) is 5. The third-order valence-corrected chi connectivity index (χ3v) is 8.34. The average molecular weight is 568 g/mol. The summed E-state index contributed by atoms with van der Waals surface area (Å²) in [5, 5.41) is 25.6. The van der Waals surface area contributed by atoms with Gasteiger partial charge in [0.2, 0.25) is 5.91 Å². The fraction of sp³-hybridized carbons (Fsp3) is 0.379. The highest BCUT2D eigenvalue weighted by atomic mass is 19.4. The highest BCUT2D eigenvalue weighted by Gasteiger charge is 2.41. The van der Waals surface area contributed by atoms with Crippen LogP contribution in [0.5, 0.6) is 11.5 Å². The molecule has 12 heteroatoms. The van der Waals surface area contributed by atoms with Crippen LogP contribution >= 0.6 is 0 Å². The smallest absolute Gasteiger partial charge is 0.437 e. The molecule has 1 fully saturated rings. The lowest BCUT2D eigenvalue weighted by molar-refractivity contribution is -0.142. The largest absolute Gasteiger partial charge is 0.508 e. The minimum Gasteiger partial charge on any atom is -0.508 e. The number of aromatic nitrogens is 3. The van der Waals surface area contributed by atoms with E-state index in [-0.39, 0.29) is 30.3 Å². The first-order valence-electron chi connectivity index (χ1n) is 13.5. The number of alkyl halides is 3. The number of hydrogen-bond donors (Lipinski definition) is 2. The van der Waals surface area contributed by atoms with Crippen molar-refractivity contribution in [2.45, 2.75) is 50.2 Å². The Morgan fingerprint density at radius 2 is 1.85 bits per heavy atom. The Morgan fingerprint density at radius 3 is 2.49 bits per heavy atom. The number of carbonyl (C=O) groups excluding carboxylic acids is 2. The summed E-state index contributed by atoms with van der Waals surface area (Å²) in [7, 11) is 0. The van der Waals surface area contributed by atoms with Gasteiger partial charge in [0.05, 0.1) is 28.7 Å². The van der Waals surface area contributed by atoms with Gasteiger partial charge in [0.15, 0.2) is 5.69 Å². The first kappa shape index (κ1) is 26.9. The van der Waals surface area contributed by atoms with Crippen molar-refractivity contribution in [3.05, 3.63) is 76.9 Å². The maximum Gasteiger partial charge on any atom is 0.437 e. The normalized spacial score (nSPS) is 18.9. The van der Waals surface area contributed by atoms with E-state index in [1.54, 1.807) is 15.6 Å². The fourth-order valence-electron chi connectivity index (χ4n) is 6.06. The monoisotopic (exact) mass is 567 g/mol. The number of pyridine rings is 1. The van der Waals surface area contributed by atoms with Crippen LogP contribution < -0.4 is 0 Å². The lowest BCUT2D eigenvalue weighted by Gasteiger charge is -2.37. The zero-order chi connectivity index (χ0) is 29.1. The molecule has 4 heterocycles. The van der Waals surface area contributed by atoms with Gasteiger partial charge >= 0.3 is 6.18 Å². The van der Waals surface area contributed by atoms with Gasteiger partial charge in [0.25, 0.3) is 5.91 Å². The van der Waals surface area contributed by atoms with Crippen molar-refractivity contribution in [2.75, 3.05) is 19.6 Å². The highest BCUT2D eigenvalue weighted by molar-refractivity contribution is 5.95. The van der Waals surface area contributed by atoms with Crippen LogP contribution in [0.4, 0.5) is 13.2 Å². The molecule has 1 atom stereocenters. The molecule has 0 radical (unpaired) electrons. The van der Waals surface area contributed by atoms with Crippen LogP contribution in [-0.2, 0) is 23.8 Å². The standard InChI is InChI=1S/C29H28F3N5O4/c1-2-25(40)35-10-8-20-26-21(37(34-20)18-6-7-19(23(38)13-18)16-4-3-5-16)9-11-36(22(26)15-35)28(41)17-12-24(39)27(33-14-17)29(30,31)32/h2,6-7,12-14,16,22,38-39H,1,3-5,8-11,15H2. The molecule has 41 heavy (non-hydrogen) atoms. The molecule has 6 rings (SSSR count). The molecular weight excluding hydrogens is 539 g/mol. The highest BCUT2D eigenvalue weighted by Crippen LogP contribution is 2.42. The van der Waals surface area contributed by atoms with Crippen molar-refractivity contribution in [2.24, 2.45) is 0 Å². The number of hydrogen-bond acceptors (Lipinski definition) is 6. The molecule has 2 aromatic heterocycles. The predicted octanol–water partition coefficient (Wildman–Crippen LogP) is 4.28. The van der Waals surface area contributed by atoms with Crippen LogP contribution in [0.15, 0.2) is 43.1 Å². The maximum absolute atomic E-state index is 13.7. The third kappa shape index (κ3) is 4.60. The number of benzene rings is 1.